The van der Waals surface area contributed by atoms with E-state index in [2.05, 4.69) is 5.16 Å². The van der Waals surface area contributed by atoms with E-state index in [1.165, 1.54) is 0 Å². The van der Waals surface area contributed by atoms with Crippen LogP contribution < -0.4 is 10.5 Å². The van der Waals surface area contributed by atoms with Gasteiger partial charge in [0.05, 0.1) is 0 Å². The number of hydrogen-bond acceptors (Lipinski definition) is 4. The number of ether oxygens (including phenoxy) is 1. The molecule has 0 saturated heterocycles. The fraction of sp³-hybridized carbons (Fsp3) is 0.250. The van der Waals surface area contributed by atoms with Crippen molar-refractivity contribution in [1.29, 1.82) is 0 Å². The second-order valence-corrected chi connectivity index (χ2v) is 3.73. The van der Waals surface area contributed by atoms with Crippen molar-refractivity contribution in [2.75, 3.05) is 5.73 Å². The summed E-state index contributed by atoms with van der Waals surface area (Å²) in [5.74, 6) is 1.20. The maximum atomic E-state index is 5.69. The van der Waals surface area contributed by atoms with Crippen LogP contribution >= 0.6 is 0 Å². The Balaban J connectivity index is 2.10. The molecule has 0 spiro atoms. The summed E-state index contributed by atoms with van der Waals surface area (Å²) in [4.78, 5) is 0. The number of nitrogen functional groups attached to an aromatic ring is 1. The number of aromatic nitrogens is 1. The fourth-order valence-corrected chi connectivity index (χ4v) is 1.57. The largest absolute Gasteiger partial charge is 0.487 e. The van der Waals surface area contributed by atoms with Crippen LogP contribution in [-0.4, -0.2) is 5.16 Å². The molecular weight excluding hydrogens is 204 g/mol. The normalized spacial score (nSPS) is 10.4. The van der Waals surface area contributed by atoms with Gasteiger partial charge >= 0.3 is 0 Å². The highest BCUT2D eigenvalue weighted by molar-refractivity contribution is 5.39. The molecule has 4 heteroatoms. The third-order valence-corrected chi connectivity index (χ3v) is 2.35. The van der Waals surface area contributed by atoms with Gasteiger partial charge in [-0.05, 0) is 25.0 Å². The predicted octanol–water partition coefficient (Wildman–Crippen LogP) is 2.45. The average Bonchev–Trinajstić information content (AvgIpc) is 2.63. The molecule has 0 aliphatic heterocycles. The molecule has 2 rings (SSSR count). The minimum atomic E-state index is 0.306. The molecule has 4 nitrogen and oxygen atoms in total. The number of hydrogen-bond donors (Lipinski definition) is 1. The van der Waals surface area contributed by atoms with Crippen LogP contribution in [0.5, 0.6) is 5.75 Å². The number of benzene rings is 1. The van der Waals surface area contributed by atoms with E-state index >= 15 is 0 Å². The lowest BCUT2D eigenvalue weighted by Crippen LogP contribution is -1.98. The van der Waals surface area contributed by atoms with Crippen LogP contribution in [-0.2, 0) is 6.61 Å². The van der Waals surface area contributed by atoms with E-state index in [1.807, 2.05) is 32.0 Å². The minimum Gasteiger partial charge on any atom is -0.487 e. The Hall–Kier alpha value is -1.97. The summed E-state index contributed by atoms with van der Waals surface area (Å²) in [6, 6.07) is 7.69. The van der Waals surface area contributed by atoms with Crippen molar-refractivity contribution in [3.05, 3.63) is 41.1 Å². The smallest absolute Gasteiger partial charge is 0.222 e. The molecule has 0 saturated carbocycles. The van der Waals surface area contributed by atoms with E-state index in [-0.39, 0.29) is 0 Å². The van der Waals surface area contributed by atoms with E-state index in [1.54, 1.807) is 6.07 Å². The second-order valence-electron chi connectivity index (χ2n) is 3.73. The van der Waals surface area contributed by atoms with Gasteiger partial charge in [0.1, 0.15) is 18.1 Å². The van der Waals surface area contributed by atoms with Gasteiger partial charge in [-0.25, -0.2) is 0 Å². The first kappa shape index (κ1) is 10.5. The molecule has 0 fully saturated rings. The molecule has 2 aromatic rings. The van der Waals surface area contributed by atoms with E-state index in [0.29, 0.717) is 18.2 Å². The molecule has 0 aliphatic carbocycles. The van der Waals surface area contributed by atoms with Crippen LogP contribution in [0.1, 0.15) is 16.8 Å². The lowest BCUT2D eigenvalue weighted by Gasteiger charge is -2.10. The molecule has 16 heavy (non-hydrogen) atoms. The molecule has 1 heterocycles. The first-order chi connectivity index (χ1) is 7.66. The number of para-hydroxylation sites is 1. The molecule has 0 unspecified atom stereocenters. The third kappa shape index (κ3) is 2.16. The molecule has 0 atom stereocenters. The van der Waals surface area contributed by atoms with Crippen LogP contribution in [0.4, 0.5) is 5.88 Å². The van der Waals surface area contributed by atoms with Crippen molar-refractivity contribution in [2.24, 2.45) is 0 Å². The molecule has 2 N–H and O–H groups in total. The van der Waals surface area contributed by atoms with E-state index in [4.69, 9.17) is 15.0 Å². The average molecular weight is 218 g/mol. The summed E-state index contributed by atoms with van der Waals surface area (Å²) >= 11 is 0. The minimum absolute atomic E-state index is 0.306. The summed E-state index contributed by atoms with van der Waals surface area (Å²) in [5.41, 5.74) is 8.33. The standard InChI is InChI=1S/C12H14N2O2/c1-8-4-3-5-9(2)12(8)15-7-10-6-11(13)16-14-10/h3-6H,7,13H2,1-2H3. The third-order valence-electron chi connectivity index (χ3n) is 2.35. The number of nitrogens with zero attached hydrogens (tertiary/aromatic N) is 1. The lowest BCUT2D eigenvalue weighted by molar-refractivity contribution is 0.286. The highest BCUT2D eigenvalue weighted by Gasteiger charge is 2.06. The molecule has 1 aromatic heterocycles. The van der Waals surface area contributed by atoms with Gasteiger partial charge in [-0.1, -0.05) is 23.4 Å². The summed E-state index contributed by atoms with van der Waals surface area (Å²) in [6.45, 7) is 4.39. The SMILES string of the molecule is Cc1cccc(C)c1OCc1cc(N)on1. The van der Waals surface area contributed by atoms with Crippen LogP contribution in [0.3, 0.4) is 0 Å². The highest BCUT2D eigenvalue weighted by atomic mass is 16.5. The van der Waals surface area contributed by atoms with E-state index in [0.717, 1.165) is 16.9 Å². The highest BCUT2D eigenvalue weighted by Crippen LogP contribution is 2.23. The zero-order chi connectivity index (χ0) is 11.5. The Morgan fingerprint density at radius 1 is 1.31 bits per heavy atom. The number of anilines is 1. The number of nitrogens with two attached hydrogens (primary N) is 1. The van der Waals surface area contributed by atoms with Gasteiger partial charge in [-0.15, -0.1) is 0 Å². The quantitative estimate of drug-likeness (QED) is 0.859. The van der Waals surface area contributed by atoms with Crippen molar-refractivity contribution in [2.45, 2.75) is 20.5 Å². The van der Waals surface area contributed by atoms with Crippen LogP contribution in [0.25, 0.3) is 0 Å². The van der Waals surface area contributed by atoms with Crippen molar-refractivity contribution < 1.29 is 9.26 Å². The van der Waals surface area contributed by atoms with Crippen molar-refractivity contribution >= 4 is 5.88 Å². The van der Waals surface area contributed by atoms with Crippen molar-refractivity contribution in [3.8, 4) is 5.75 Å². The molecule has 0 radical (unpaired) electrons. The van der Waals surface area contributed by atoms with Gasteiger partial charge in [-0.2, -0.15) is 0 Å². The molecule has 84 valence electrons. The van der Waals surface area contributed by atoms with E-state index in [9.17, 15) is 0 Å². The van der Waals surface area contributed by atoms with Crippen molar-refractivity contribution in [3.63, 3.8) is 0 Å². The van der Waals surface area contributed by atoms with Gasteiger partial charge in [0.25, 0.3) is 0 Å². The summed E-state index contributed by atoms with van der Waals surface area (Å²) in [5, 5.41) is 3.77. The van der Waals surface area contributed by atoms with Crippen LogP contribution in [0, 0.1) is 13.8 Å². The maximum absolute atomic E-state index is 5.69. The van der Waals surface area contributed by atoms with Gasteiger partial charge in [0.2, 0.25) is 5.88 Å². The topological polar surface area (TPSA) is 61.3 Å². The lowest BCUT2D eigenvalue weighted by atomic mass is 10.1. The van der Waals surface area contributed by atoms with Crippen LogP contribution in [0.2, 0.25) is 0 Å². The molecule has 0 bridgehead atoms. The Kier molecular flexibility index (Phi) is 2.81. The zero-order valence-electron chi connectivity index (χ0n) is 9.36. The number of rotatable bonds is 3. The summed E-state index contributed by atoms with van der Waals surface area (Å²) < 4.78 is 10.5. The molecule has 0 aliphatic rings. The summed E-state index contributed by atoms with van der Waals surface area (Å²) in [6.07, 6.45) is 0. The summed E-state index contributed by atoms with van der Waals surface area (Å²) in [7, 11) is 0. The Morgan fingerprint density at radius 3 is 2.56 bits per heavy atom. The Bertz CT molecular complexity index is 471. The van der Waals surface area contributed by atoms with Crippen molar-refractivity contribution in [1.82, 2.24) is 5.16 Å². The van der Waals surface area contributed by atoms with E-state index < -0.39 is 0 Å². The van der Waals surface area contributed by atoms with Crippen LogP contribution in [0.15, 0.2) is 28.8 Å². The van der Waals surface area contributed by atoms with Gasteiger partial charge in [-0.3, -0.25) is 0 Å². The second kappa shape index (κ2) is 4.26. The first-order valence-electron chi connectivity index (χ1n) is 5.07. The Labute approximate surface area is 94.0 Å². The van der Waals surface area contributed by atoms with Gasteiger partial charge < -0.3 is 15.0 Å². The Morgan fingerprint density at radius 2 is 2.00 bits per heavy atom. The predicted molar refractivity (Wildman–Crippen MR) is 61.2 cm³/mol. The maximum Gasteiger partial charge on any atom is 0.222 e. The molecule has 0 amide bonds. The molecular formula is C12H14N2O2. The monoisotopic (exact) mass is 218 g/mol. The fourth-order valence-electron chi connectivity index (χ4n) is 1.57. The first-order valence-corrected chi connectivity index (χ1v) is 5.07. The zero-order valence-corrected chi connectivity index (χ0v) is 9.36. The molecule has 1 aromatic carbocycles. The van der Waals surface area contributed by atoms with Gasteiger partial charge in [0, 0.05) is 6.07 Å². The van der Waals surface area contributed by atoms with Gasteiger partial charge in [0.15, 0.2) is 0 Å². The number of aryl methyl sites for hydroxylation is 2.